The van der Waals surface area contributed by atoms with Gasteiger partial charge >= 0.3 is 134 Å². The third kappa shape index (κ3) is 4.34. The zero-order chi connectivity index (χ0) is 14.7. The van der Waals surface area contributed by atoms with Crippen molar-refractivity contribution in [1.82, 2.24) is 0 Å². The van der Waals surface area contributed by atoms with Crippen molar-refractivity contribution in [2.75, 3.05) is 13.2 Å². The van der Waals surface area contributed by atoms with E-state index in [-0.39, 0.29) is 31.4 Å². The second-order valence-electron chi connectivity index (χ2n) is 5.23. The number of hydrogen-bond donors (Lipinski definition) is 1. The fourth-order valence-electron chi connectivity index (χ4n) is 3.10. The third-order valence-electron chi connectivity index (χ3n) is 4.03. The predicted octanol–water partition coefficient (Wildman–Crippen LogP) is -2.62. The minimum atomic E-state index is -1.92. The number of hydrogen-bond acceptors (Lipinski definition) is 2. The van der Waals surface area contributed by atoms with Crippen molar-refractivity contribution in [2.24, 2.45) is 0 Å². The number of aliphatic hydroxyl groups is 1. The van der Waals surface area contributed by atoms with E-state index in [1.165, 1.54) is 14.4 Å². The molecule has 2 aliphatic carbocycles. The largest absolute Gasteiger partial charge is 1.00 e. The molecule has 1 aromatic carbocycles. The first-order valence-electron chi connectivity index (χ1n) is 7.42. The van der Waals surface area contributed by atoms with Crippen molar-refractivity contribution in [2.45, 2.75) is 17.0 Å². The van der Waals surface area contributed by atoms with E-state index in [2.05, 4.69) is 59.2 Å². The van der Waals surface area contributed by atoms with Gasteiger partial charge in [0.1, 0.15) is 0 Å². The summed E-state index contributed by atoms with van der Waals surface area (Å²) < 4.78 is 10.3. The first-order chi connectivity index (χ1) is 10.3. The van der Waals surface area contributed by atoms with E-state index in [1.807, 2.05) is 0 Å². The van der Waals surface area contributed by atoms with E-state index in [4.69, 9.17) is 9.84 Å². The van der Waals surface area contributed by atoms with Gasteiger partial charge in [-0.25, -0.2) is 0 Å². The molecule has 0 saturated carbocycles. The summed E-state index contributed by atoms with van der Waals surface area (Å²) in [7, 11) is 0. The van der Waals surface area contributed by atoms with E-state index in [0.29, 0.717) is 10.2 Å². The summed E-state index contributed by atoms with van der Waals surface area (Å²) in [4.78, 5) is 0. The van der Waals surface area contributed by atoms with Crippen molar-refractivity contribution < 1.29 is 55.9 Å². The molecule has 23 heavy (non-hydrogen) atoms. The maximum atomic E-state index is 8.98. The van der Waals surface area contributed by atoms with Crippen molar-refractivity contribution in [3.63, 3.8) is 0 Å². The van der Waals surface area contributed by atoms with Gasteiger partial charge in [-0.05, 0) is 0 Å². The molecule has 1 aromatic rings. The van der Waals surface area contributed by atoms with Crippen LogP contribution < -0.4 is 24.8 Å². The molecule has 0 bridgehead atoms. The monoisotopic (exact) mass is 428 g/mol. The molecule has 0 amide bonds. The Bertz CT molecular complexity index is 663. The number of benzene rings is 1. The molecule has 5 heteroatoms. The summed E-state index contributed by atoms with van der Waals surface area (Å²) in [5.41, 5.74) is 2.85. The summed E-state index contributed by atoms with van der Waals surface area (Å²) in [6.07, 6.45) is 9.94. The van der Waals surface area contributed by atoms with Crippen LogP contribution in [0.15, 0.2) is 51.5 Å². The molecule has 0 heterocycles. The Morgan fingerprint density at radius 2 is 2.04 bits per heavy atom. The van der Waals surface area contributed by atoms with Gasteiger partial charge in [0, 0.05) is 0 Å². The molecule has 1 atom stereocenters. The van der Waals surface area contributed by atoms with Gasteiger partial charge in [0.05, 0.1) is 0 Å². The molecule has 0 spiro atoms. The van der Waals surface area contributed by atoms with Gasteiger partial charge < -0.3 is 24.8 Å². The second-order valence-corrected chi connectivity index (χ2v) is 11.9. The van der Waals surface area contributed by atoms with Gasteiger partial charge in [-0.1, -0.05) is 0 Å². The van der Waals surface area contributed by atoms with E-state index >= 15 is 0 Å². The summed E-state index contributed by atoms with van der Waals surface area (Å²) >= 11 is -1.92. The van der Waals surface area contributed by atoms with Crippen LogP contribution in [-0.2, 0) is 26.0 Å². The Kier molecular flexibility index (Phi) is 8.71. The zero-order valence-electron chi connectivity index (χ0n) is 13.0. The predicted molar refractivity (Wildman–Crippen MR) is 83.8 cm³/mol. The minimum Gasteiger partial charge on any atom is -1.00 e. The number of halogens is 2. The number of allylic oxidation sites excluding steroid dienone is 4. The van der Waals surface area contributed by atoms with Crippen LogP contribution in [0.2, 0.25) is 0 Å². The Morgan fingerprint density at radius 1 is 1.26 bits per heavy atom. The van der Waals surface area contributed by atoms with Gasteiger partial charge in [-0.2, -0.15) is 0 Å². The second kappa shape index (κ2) is 9.74. The van der Waals surface area contributed by atoms with E-state index in [9.17, 15) is 0 Å². The van der Waals surface area contributed by atoms with E-state index in [1.54, 1.807) is 0 Å². The fraction of sp³-hybridized carbons (Fsp3) is 0.278. The van der Waals surface area contributed by atoms with E-state index in [0.717, 1.165) is 12.2 Å². The van der Waals surface area contributed by atoms with Gasteiger partial charge in [0.2, 0.25) is 0 Å². The zero-order valence-corrected chi connectivity index (χ0v) is 17.0. The van der Waals surface area contributed by atoms with Crippen LogP contribution in [0.4, 0.5) is 0 Å². The Hall–Kier alpha value is -0.467. The van der Waals surface area contributed by atoms with Crippen LogP contribution in [0.5, 0.6) is 0 Å². The van der Waals surface area contributed by atoms with Crippen molar-refractivity contribution >= 4 is 9.78 Å². The van der Waals surface area contributed by atoms with Crippen LogP contribution in [-0.4, -0.2) is 22.0 Å². The molecular formula is C18H20Cl2O2Zr. The summed E-state index contributed by atoms with van der Waals surface area (Å²) in [5, 5.41) is 8.98. The van der Waals surface area contributed by atoms with Crippen molar-refractivity contribution in [1.29, 1.82) is 0 Å². The maximum Gasteiger partial charge on any atom is -1.00 e. The normalized spacial score (nSPS) is 17.7. The Balaban J connectivity index is 0.00000132. The quantitative estimate of drug-likeness (QED) is 0.555. The number of fused-ring (bicyclic) bond motifs is 1. The smallest absolute Gasteiger partial charge is 1.00 e. The van der Waals surface area contributed by atoms with E-state index < -0.39 is 21.3 Å². The average Bonchev–Trinajstić information content (AvgIpc) is 3.14. The molecule has 2 aliphatic rings. The Morgan fingerprint density at radius 3 is 2.78 bits per heavy atom. The maximum absolute atomic E-state index is 8.98. The molecule has 3 rings (SSSR count). The Labute approximate surface area is 157 Å². The number of rotatable bonds is 5. The third-order valence-corrected chi connectivity index (χ3v) is 11.3. The topological polar surface area (TPSA) is 29.5 Å². The van der Waals surface area contributed by atoms with Crippen molar-refractivity contribution in [3.8, 4) is 0 Å². The van der Waals surface area contributed by atoms with Gasteiger partial charge in [-0.3, -0.25) is 0 Å². The van der Waals surface area contributed by atoms with Gasteiger partial charge in [-0.15, -0.1) is 0 Å². The molecule has 0 aromatic heterocycles. The van der Waals surface area contributed by atoms with Gasteiger partial charge in [0.25, 0.3) is 0 Å². The summed E-state index contributed by atoms with van der Waals surface area (Å²) in [6.45, 7) is 2.67. The standard InChI is InChI=1S/C9H7.C7H9O2.C2H4.2ClH.Zr/c1-2-5-9-7-3-6-8(9)4-1;8-5-6-9-7-3-1-2-4-7;1-2;;;/h1-7H;1,3,8H,2,5-6H2;1H,2H3;2*1H;/q;;;;;+2/p-2. The molecular weight excluding hydrogens is 410 g/mol. The SMILES string of the molecule is C[CH]=[Zr+2]([C]1=C(OCCO)C=CC1)[CH]1C=Cc2ccccc21.[Cl-].[Cl-]. The first-order valence-corrected chi connectivity index (χ1v) is 11.5. The molecule has 122 valence electrons. The van der Waals surface area contributed by atoms with Crippen LogP contribution in [0.3, 0.4) is 0 Å². The van der Waals surface area contributed by atoms with Gasteiger partial charge in [0.15, 0.2) is 0 Å². The summed E-state index contributed by atoms with van der Waals surface area (Å²) in [5.74, 6) is 1.02. The van der Waals surface area contributed by atoms with Crippen LogP contribution in [0, 0.1) is 0 Å². The molecule has 1 N–H and O–H groups in total. The first kappa shape index (κ1) is 20.6. The molecule has 0 fully saturated rings. The van der Waals surface area contributed by atoms with Crippen LogP contribution >= 0.6 is 0 Å². The number of aliphatic hydroxyl groups excluding tert-OH is 1. The fourth-order valence-corrected chi connectivity index (χ4v) is 9.93. The molecule has 0 aliphatic heterocycles. The van der Waals surface area contributed by atoms with Crippen molar-refractivity contribution in [3.05, 3.63) is 62.7 Å². The molecule has 2 nitrogen and oxygen atoms in total. The summed E-state index contributed by atoms with van der Waals surface area (Å²) in [6, 6.07) is 8.71. The average molecular weight is 430 g/mol. The molecule has 1 unspecified atom stereocenters. The molecule has 0 radical (unpaired) electrons. The molecule has 0 saturated heterocycles. The number of ether oxygens (including phenoxy) is 1. The van der Waals surface area contributed by atoms with Crippen LogP contribution in [0.25, 0.3) is 6.08 Å². The van der Waals surface area contributed by atoms with Crippen LogP contribution in [0.1, 0.15) is 28.1 Å². The minimum absolute atomic E-state index is 0.